The molecule has 0 spiro atoms. The van der Waals surface area contributed by atoms with E-state index in [0.29, 0.717) is 17.9 Å². The van der Waals surface area contributed by atoms with Crippen LogP contribution >= 0.6 is 0 Å². The number of benzene rings is 1. The van der Waals surface area contributed by atoms with Crippen molar-refractivity contribution >= 4 is 6.08 Å². The summed E-state index contributed by atoms with van der Waals surface area (Å²) in [7, 11) is 1.85. The molecule has 1 N–H and O–H groups in total. The van der Waals surface area contributed by atoms with Crippen LogP contribution in [0.3, 0.4) is 0 Å². The minimum absolute atomic E-state index is 0.256. The Bertz CT molecular complexity index is 336. The molecule has 82 valence electrons. The van der Waals surface area contributed by atoms with E-state index in [-0.39, 0.29) is 5.82 Å². The predicted octanol–water partition coefficient (Wildman–Crippen LogP) is 2.46. The van der Waals surface area contributed by atoms with Crippen LogP contribution in [0.1, 0.15) is 12.5 Å². The molecule has 2 nitrogen and oxygen atoms in total. The molecule has 0 saturated heterocycles. The van der Waals surface area contributed by atoms with E-state index in [1.54, 1.807) is 18.2 Å². The van der Waals surface area contributed by atoms with Crippen molar-refractivity contribution in [3.63, 3.8) is 0 Å². The van der Waals surface area contributed by atoms with Crippen LogP contribution < -0.4 is 10.1 Å². The molecule has 0 aromatic heterocycles. The summed E-state index contributed by atoms with van der Waals surface area (Å²) in [5.41, 5.74) is 0.578. The minimum Gasteiger partial charge on any atom is -0.494 e. The van der Waals surface area contributed by atoms with Gasteiger partial charge in [-0.05, 0) is 26.1 Å². The molecule has 3 heteroatoms. The number of ether oxygens (including phenoxy) is 1. The molecule has 0 saturated carbocycles. The van der Waals surface area contributed by atoms with Gasteiger partial charge >= 0.3 is 0 Å². The summed E-state index contributed by atoms with van der Waals surface area (Å²) >= 11 is 0. The van der Waals surface area contributed by atoms with Gasteiger partial charge in [0.2, 0.25) is 0 Å². The number of hydrogen-bond acceptors (Lipinski definition) is 2. The van der Waals surface area contributed by atoms with Crippen molar-refractivity contribution in [3.05, 3.63) is 35.7 Å². The molecule has 0 unspecified atom stereocenters. The lowest BCUT2D eigenvalue weighted by Crippen LogP contribution is -2.03. The van der Waals surface area contributed by atoms with Crippen molar-refractivity contribution < 1.29 is 9.13 Å². The highest BCUT2D eigenvalue weighted by Gasteiger charge is 2.00. The Labute approximate surface area is 89.8 Å². The first kappa shape index (κ1) is 11.7. The van der Waals surface area contributed by atoms with Gasteiger partial charge in [-0.1, -0.05) is 12.2 Å². The van der Waals surface area contributed by atoms with E-state index < -0.39 is 0 Å². The Hall–Kier alpha value is -1.35. The van der Waals surface area contributed by atoms with Crippen LogP contribution in [0.15, 0.2) is 24.3 Å². The average molecular weight is 209 g/mol. The second-order valence-electron chi connectivity index (χ2n) is 3.08. The fourth-order valence-corrected chi connectivity index (χ4v) is 1.20. The second kappa shape index (κ2) is 6.19. The van der Waals surface area contributed by atoms with E-state index in [0.717, 1.165) is 6.54 Å². The number of halogens is 1. The average Bonchev–Trinajstić information content (AvgIpc) is 2.22. The molecule has 0 aliphatic rings. The lowest BCUT2D eigenvalue weighted by atomic mass is 10.2. The number of hydrogen-bond donors (Lipinski definition) is 1. The van der Waals surface area contributed by atoms with Crippen LogP contribution in [-0.2, 0) is 0 Å². The van der Waals surface area contributed by atoms with Gasteiger partial charge in [0.05, 0.1) is 6.61 Å². The highest BCUT2D eigenvalue weighted by molar-refractivity contribution is 5.51. The van der Waals surface area contributed by atoms with Crippen LogP contribution in [0.25, 0.3) is 6.08 Å². The van der Waals surface area contributed by atoms with E-state index in [1.165, 1.54) is 6.07 Å². The number of likely N-dealkylation sites (N-methyl/N-ethyl adjacent to an activating group) is 1. The maximum Gasteiger partial charge on any atom is 0.134 e. The highest BCUT2D eigenvalue weighted by atomic mass is 19.1. The maximum atomic E-state index is 13.4. The molecule has 0 aliphatic carbocycles. The Morgan fingerprint density at radius 3 is 2.87 bits per heavy atom. The normalized spacial score (nSPS) is 10.9. The molecule has 0 bridgehead atoms. The summed E-state index contributed by atoms with van der Waals surface area (Å²) < 4.78 is 18.6. The molecule has 1 aromatic carbocycles. The number of rotatable bonds is 5. The molecular weight excluding hydrogens is 193 g/mol. The highest BCUT2D eigenvalue weighted by Crippen LogP contribution is 2.17. The van der Waals surface area contributed by atoms with Crippen molar-refractivity contribution in [2.24, 2.45) is 0 Å². The van der Waals surface area contributed by atoms with Crippen molar-refractivity contribution in [1.82, 2.24) is 5.32 Å². The third kappa shape index (κ3) is 3.72. The van der Waals surface area contributed by atoms with Crippen LogP contribution in [0.4, 0.5) is 4.39 Å². The monoisotopic (exact) mass is 209 g/mol. The van der Waals surface area contributed by atoms with E-state index >= 15 is 0 Å². The fraction of sp³-hybridized carbons (Fsp3) is 0.333. The van der Waals surface area contributed by atoms with Gasteiger partial charge in [0.15, 0.2) is 0 Å². The Morgan fingerprint density at radius 2 is 2.27 bits per heavy atom. The van der Waals surface area contributed by atoms with Crippen molar-refractivity contribution in [3.8, 4) is 5.75 Å². The summed E-state index contributed by atoms with van der Waals surface area (Å²) in [5.74, 6) is 0.314. The summed E-state index contributed by atoms with van der Waals surface area (Å²) in [6.07, 6.45) is 3.63. The van der Waals surface area contributed by atoms with Crippen LogP contribution in [0, 0.1) is 5.82 Å². The van der Waals surface area contributed by atoms with Crippen LogP contribution in [-0.4, -0.2) is 20.2 Å². The van der Waals surface area contributed by atoms with Gasteiger partial charge in [0, 0.05) is 18.2 Å². The first-order chi connectivity index (χ1) is 7.27. The topological polar surface area (TPSA) is 21.3 Å². The third-order valence-corrected chi connectivity index (χ3v) is 1.90. The zero-order valence-electron chi connectivity index (χ0n) is 9.09. The molecular formula is C12H16FNO. The minimum atomic E-state index is -0.256. The van der Waals surface area contributed by atoms with E-state index in [1.807, 2.05) is 20.0 Å². The van der Waals surface area contributed by atoms with E-state index in [4.69, 9.17) is 4.74 Å². The van der Waals surface area contributed by atoms with Crippen molar-refractivity contribution in [1.29, 1.82) is 0 Å². The Balaban J connectivity index is 2.74. The van der Waals surface area contributed by atoms with Crippen molar-refractivity contribution in [2.45, 2.75) is 6.92 Å². The van der Waals surface area contributed by atoms with Gasteiger partial charge in [-0.15, -0.1) is 0 Å². The summed E-state index contributed by atoms with van der Waals surface area (Å²) in [6, 6.07) is 4.89. The van der Waals surface area contributed by atoms with E-state index in [9.17, 15) is 4.39 Å². The number of nitrogens with one attached hydrogen (secondary N) is 1. The molecule has 0 amide bonds. The smallest absolute Gasteiger partial charge is 0.134 e. The zero-order valence-corrected chi connectivity index (χ0v) is 9.09. The molecule has 1 aromatic rings. The molecule has 0 aliphatic heterocycles. The lowest BCUT2D eigenvalue weighted by molar-refractivity contribution is 0.338. The van der Waals surface area contributed by atoms with E-state index in [2.05, 4.69) is 5.32 Å². The van der Waals surface area contributed by atoms with Gasteiger partial charge in [0.1, 0.15) is 11.6 Å². The standard InChI is InChI=1S/C12H16FNO/c1-3-15-11-7-6-10(12(13)9-11)5-4-8-14-2/h4-7,9,14H,3,8H2,1-2H3. The maximum absolute atomic E-state index is 13.4. The summed E-state index contributed by atoms with van der Waals surface area (Å²) in [5, 5.41) is 2.96. The molecule has 15 heavy (non-hydrogen) atoms. The summed E-state index contributed by atoms with van der Waals surface area (Å²) in [6.45, 7) is 3.15. The van der Waals surface area contributed by atoms with Gasteiger partial charge in [-0.3, -0.25) is 0 Å². The summed E-state index contributed by atoms with van der Waals surface area (Å²) in [4.78, 5) is 0. The molecule has 0 radical (unpaired) electrons. The third-order valence-electron chi connectivity index (χ3n) is 1.90. The van der Waals surface area contributed by atoms with Gasteiger partial charge in [-0.2, -0.15) is 0 Å². The Kier molecular flexibility index (Phi) is 4.84. The molecule has 0 fully saturated rings. The predicted molar refractivity (Wildman–Crippen MR) is 60.5 cm³/mol. The molecule has 1 rings (SSSR count). The van der Waals surface area contributed by atoms with Crippen molar-refractivity contribution in [2.75, 3.05) is 20.2 Å². The second-order valence-corrected chi connectivity index (χ2v) is 3.08. The zero-order chi connectivity index (χ0) is 11.1. The SMILES string of the molecule is CCOc1ccc(C=CCNC)c(F)c1. The fourth-order valence-electron chi connectivity index (χ4n) is 1.20. The van der Waals surface area contributed by atoms with Crippen LogP contribution in [0.5, 0.6) is 5.75 Å². The van der Waals surface area contributed by atoms with Gasteiger partial charge in [-0.25, -0.2) is 4.39 Å². The first-order valence-electron chi connectivity index (χ1n) is 5.01. The first-order valence-corrected chi connectivity index (χ1v) is 5.01. The Morgan fingerprint density at radius 1 is 1.47 bits per heavy atom. The largest absolute Gasteiger partial charge is 0.494 e. The van der Waals surface area contributed by atoms with Gasteiger partial charge in [0.25, 0.3) is 0 Å². The van der Waals surface area contributed by atoms with Crippen LogP contribution in [0.2, 0.25) is 0 Å². The lowest BCUT2D eigenvalue weighted by Gasteiger charge is -2.04. The molecule has 0 atom stereocenters. The van der Waals surface area contributed by atoms with Gasteiger partial charge < -0.3 is 10.1 Å². The molecule has 0 heterocycles. The quantitative estimate of drug-likeness (QED) is 0.804.